The summed E-state index contributed by atoms with van der Waals surface area (Å²) in [7, 11) is 1.66. The topological polar surface area (TPSA) is 76.3 Å². The monoisotopic (exact) mass is 429 g/mol. The number of carbonyl (C=O) groups is 1. The highest BCUT2D eigenvalue weighted by Crippen LogP contribution is 2.43. The van der Waals surface area contributed by atoms with Crippen molar-refractivity contribution >= 4 is 22.7 Å². The summed E-state index contributed by atoms with van der Waals surface area (Å²) in [4.78, 5) is 12.2. The van der Waals surface area contributed by atoms with Gasteiger partial charge in [0.1, 0.15) is 17.9 Å². The molecule has 0 spiro atoms. The second-order valence-corrected chi connectivity index (χ2v) is 8.69. The van der Waals surface area contributed by atoms with Crippen LogP contribution in [0.2, 0.25) is 0 Å². The maximum atomic E-state index is 12.2. The number of amides is 1. The van der Waals surface area contributed by atoms with Crippen LogP contribution < -0.4 is 10.1 Å². The summed E-state index contributed by atoms with van der Waals surface area (Å²) < 4.78 is 13.2. The van der Waals surface area contributed by atoms with Gasteiger partial charge in [-0.05, 0) is 74.8 Å². The number of fused-ring (bicyclic) bond motifs is 1. The molecule has 2 aliphatic carbocycles. The summed E-state index contributed by atoms with van der Waals surface area (Å²) in [6.45, 7) is 0. The zero-order valence-electron chi connectivity index (χ0n) is 18.3. The number of hydrogen-bond donors (Lipinski definition) is 1. The van der Waals surface area contributed by atoms with Crippen LogP contribution in [0, 0.1) is 11.3 Å². The van der Waals surface area contributed by atoms with Crippen molar-refractivity contribution in [1.82, 2.24) is 4.57 Å². The van der Waals surface area contributed by atoms with Gasteiger partial charge in [-0.2, -0.15) is 5.26 Å². The van der Waals surface area contributed by atoms with Gasteiger partial charge in [-0.15, -0.1) is 0 Å². The van der Waals surface area contributed by atoms with E-state index in [1.807, 2.05) is 42.5 Å². The van der Waals surface area contributed by atoms with E-state index in [-0.39, 0.29) is 6.10 Å². The van der Waals surface area contributed by atoms with Crippen LogP contribution in [0.5, 0.6) is 5.75 Å². The van der Waals surface area contributed by atoms with E-state index < -0.39 is 6.09 Å². The van der Waals surface area contributed by atoms with Crippen LogP contribution in [-0.2, 0) is 4.74 Å². The van der Waals surface area contributed by atoms with Gasteiger partial charge in [-0.1, -0.05) is 12.1 Å². The molecule has 0 atom stereocenters. The van der Waals surface area contributed by atoms with E-state index in [0.29, 0.717) is 17.3 Å². The van der Waals surface area contributed by atoms with Crippen molar-refractivity contribution in [3.63, 3.8) is 0 Å². The Balaban J connectivity index is 1.48. The summed E-state index contributed by atoms with van der Waals surface area (Å²) in [5.74, 6) is 0.784. The molecule has 6 heteroatoms. The first-order valence-electron chi connectivity index (χ1n) is 11.4. The molecule has 1 N–H and O–H groups in total. The van der Waals surface area contributed by atoms with Crippen LogP contribution in [0.3, 0.4) is 0 Å². The molecule has 1 amide bonds. The fraction of sp³-hybridized carbons (Fsp3) is 0.385. The van der Waals surface area contributed by atoms with Crippen LogP contribution in [0.25, 0.3) is 22.2 Å². The number of nitrogens with one attached hydrogen (secondary N) is 1. The van der Waals surface area contributed by atoms with E-state index in [1.165, 1.54) is 6.42 Å². The number of ether oxygens (including phenoxy) is 2. The standard InChI is InChI=1S/C26H27N3O3/c1-31-21-13-14-22-23(16-27)25(29(24(22)15-21)19-5-4-6-19)17-9-11-18(12-10-17)28-26(30)32-20-7-2-3-8-20/h9-15,19-20H,2-8H2,1H3,(H,28,30). The number of nitrogens with zero attached hydrogens (tertiary/aromatic N) is 2. The highest BCUT2D eigenvalue weighted by molar-refractivity contribution is 5.96. The lowest BCUT2D eigenvalue weighted by molar-refractivity contribution is 0.114. The minimum Gasteiger partial charge on any atom is -0.497 e. The van der Waals surface area contributed by atoms with Gasteiger partial charge in [-0.3, -0.25) is 5.32 Å². The van der Waals surface area contributed by atoms with Crippen molar-refractivity contribution in [2.24, 2.45) is 0 Å². The zero-order chi connectivity index (χ0) is 22.1. The number of hydrogen-bond acceptors (Lipinski definition) is 4. The van der Waals surface area contributed by atoms with Crippen LogP contribution >= 0.6 is 0 Å². The lowest BCUT2D eigenvalue weighted by Gasteiger charge is -2.30. The van der Waals surface area contributed by atoms with E-state index in [2.05, 4.69) is 16.0 Å². The predicted octanol–water partition coefficient (Wildman–Crippen LogP) is 6.40. The van der Waals surface area contributed by atoms with Crippen molar-refractivity contribution < 1.29 is 14.3 Å². The highest BCUT2D eigenvalue weighted by atomic mass is 16.6. The van der Waals surface area contributed by atoms with Crippen LogP contribution in [0.4, 0.5) is 10.5 Å². The largest absolute Gasteiger partial charge is 0.497 e. The molecule has 0 radical (unpaired) electrons. The first-order valence-corrected chi connectivity index (χ1v) is 11.4. The highest BCUT2D eigenvalue weighted by Gasteiger charge is 2.28. The van der Waals surface area contributed by atoms with Gasteiger partial charge in [0.05, 0.1) is 23.9 Å². The molecule has 2 saturated carbocycles. The first kappa shape index (κ1) is 20.4. The molecule has 3 aromatic rings. The second kappa shape index (κ2) is 8.58. The molecule has 0 unspecified atom stereocenters. The van der Waals surface area contributed by atoms with Crippen LogP contribution in [-0.4, -0.2) is 23.9 Å². The van der Waals surface area contributed by atoms with Crippen molar-refractivity contribution in [2.75, 3.05) is 12.4 Å². The minimum atomic E-state index is -0.405. The van der Waals surface area contributed by atoms with Gasteiger partial charge in [0, 0.05) is 23.2 Å². The third-order valence-electron chi connectivity index (χ3n) is 6.74. The maximum Gasteiger partial charge on any atom is 0.411 e. The number of aromatic nitrogens is 1. The van der Waals surface area contributed by atoms with Gasteiger partial charge in [0.25, 0.3) is 0 Å². The van der Waals surface area contributed by atoms with Crippen molar-refractivity contribution in [1.29, 1.82) is 5.26 Å². The van der Waals surface area contributed by atoms with Crippen LogP contribution in [0.1, 0.15) is 56.6 Å². The van der Waals surface area contributed by atoms with E-state index in [0.717, 1.165) is 66.4 Å². The number of benzene rings is 2. The Morgan fingerprint density at radius 2 is 1.81 bits per heavy atom. The molecule has 1 aromatic heterocycles. The van der Waals surface area contributed by atoms with E-state index in [9.17, 15) is 10.1 Å². The van der Waals surface area contributed by atoms with Gasteiger partial charge in [-0.25, -0.2) is 4.79 Å². The molecule has 0 aliphatic heterocycles. The van der Waals surface area contributed by atoms with Crippen LogP contribution in [0.15, 0.2) is 42.5 Å². The van der Waals surface area contributed by atoms with Gasteiger partial charge < -0.3 is 14.0 Å². The van der Waals surface area contributed by atoms with E-state index >= 15 is 0 Å². The Hall–Kier alpha value is -3.46. The molecule has 164 valence electrons. The van der Waals surface area contributed by atoms with Gasteiger partial charge in [0.15, 0.2) is 0 Å². The molecule has 6 nitrogen and oxygen atoms in total. The molecule has 0 saturated heterocycles. The van der Waals surface area contributed by atoms with E-state index in [1.54, 1.807) is 7.11 Å². The second-order valence-electron chi connectivity index (χ2n) is 8.69. The maximum absolute atomic E-state index is 12.2. The Morgan fingerprint density at radius 3 is 2.44 bits per heavy atom. The number of nitriles is 1. The van der Waals surface area contributed by atoms with Crippen molar-refractivity contribution in [3.8, 4) is 23.1 Å². The van der Waals surface area contributed by atoms with Gasteiger partial charge >= 0.3 is 6.09 Å². The number of anilines is 1. The molecule has 1 heterocycles. The Bertz CT molecular complexity index is 1180. The first-order chi connectivity index (χ1) is 15.7. The Kier molecular flexibility index (Phi) is 5.48. The fourth-order valence-corrected chi connectivity index (χ4v) is 4.85. The SMILES string of the molecule is COc1ccc2c(C#N)c(-c3ccc(NC(=O)OC4CCCC4)cc3)n(C3CCC3)c2c1. The summed E-state index contributed by atoms with van der Waals surface area (Å²) in [6, 6.07) is 16.4. The molecule has 5 rings (SSSR count). The molecule has 2 aromatic carbocycles. The molecular weight excluding hydrogens is 402 g/mol. The normalized spacial score (nSPS) is 16.5. The third kappa shape index (κ3) is 3.69. The Labute approximate surface area is 187 Å². The third-order valence-corrected chi connectivity index (χ3v) is 6.74. The van der Waals surface area contributed by atoms with E-state index in [4.69, 9.17) is 9.47 Å². The smallest absolute Gasteiger partial charge is 0.411 e. The molecule has 2 aliphatic rings. The quantitative estimate of drug-likeness (QED) is 0.509. The number of carbonyl (C=O) groups excluding carboxylic acids is 1. The van der Waals surface area contributed by atoms with Gasteiger partial charge in [0.2, 0.25) is 0 Å². The average Bonchev–Trinajstić information content (AvgIpc) is 3.39. The summed E-state index contributed by atoms with van der Waals surface area (Å²) in [5, 5.41) is 13.8. The summed E-state index contributed by atoms with van der Waals surface area (Å²) in [5.41, 5.74) is 4.28. The lowest BCUT2D eigenvalue weighted by atomic mass is 9.92. The zero-order valence-corrected chi connectivity index (χ0v) is 18.3. The average molecular weight is 430 g/mol. The predicted molar refractivity (Wildman–Crippen MR) is 124 cm³/mol. The molecule has 2 fully saturated rings. The summed E-state index contributed by atoms with van der Waals surface area (Å²) >= 11 is 0. The van der Waals surface area contributed by atoms with Crippen molar-refractivity contribution in [2.45, 2.75) is 57.1 Å². The number of methoxy groups -OCH3 is 1. The molecule has 0 bridgehead atoms. The minimum absolute atomic E-state index is 0.0302. The number of rotatable bonds is 5. The van der Waals surface area contributed by atoms with Crippen molar-refractivity contribution in [3.05, 3.63) is 48.0 Å². The molecular formula is C26H27N3O3. The molecule has 32 heavy (non-hydrogen) atoms. The Morgan fingerprint density at radius 1 is 1.06 bits per heavy atom. The lowest BCUT2D eigenvalue weighted by Crippen LogP contribution is -2.20. The fourth-order valence-electron chi connectivity index (χ4n) is 4.85. The summed E-state index contributed by atoms with van der Waals surface area (Å²) in [6.07, 6.45) is 7.16.